The Hall–Kier alpha value is -1.60. The number of amides is 1. The smallest absolute Gasteiger partial charge is 0.257 e. The van der Waals surface area contributed by atoms with Crippen LogP contribution in [0.4, 0.5) is 5.69 Å². The number of hydrogen-bond donors (Lipinski definition) is 2. The number of nitrogens with one attached hydrogen (secondary N) is 1. The van der Waals surface area contributed by atoms with Gasteiger partial charge in [0.1, 0.15) is 4.90 Å². The van der Waals surface area contributed by atoms with E-state index in [4.69, 9.17) is 28.3 Å². The second-order valence-electron chi connectivity index (χ2n) is 4.10. The van der Waals surface area contributed by atoms with E-state index < -0.39 is 15.9 Å². The molecule has 2 aromatic rings. The summed E-state index contributed by atoms with van der Waals surface area (Å²) in [7, 11) is -3.95. The van der Waals surface area contributed by atoms with E-state index in [9.17, 15) is 13.2 Å². The molecule has 0 unspecified atom stereocenters. The Morgan fingerprint density at radius 1 is 1.05 bits per heavy atom. The van der Waals surface area contributed by atoms with E-state index in [0.717, 1.165) is 0 Å². The van der Waals surface area contributed by atoms with Crippen molar-refractivity contribution in [2.45, 2.75) is 4.90 Å². The highest BCUT2D eigenvalue weighted by molar-refractivity contribution is 7.89. The molecule has 8 heteroatoms. The van der Waals surface area contributed by atoms with Gasteiger partial charge < -0.3 is 5.32 Å². The van der Waals surface area contributed by atoms with Gasteiger partial charge in [0, 0.05) is 0 Å². The molecule has 110 valence electrons. The average molecular weight is 345 g/mol. The second kappa shape index (κ2) is 6.03. The summed E-state index contributed by atoms with van der Waals surface area (Å²) < 4.78 is 22.9. The van der Waals surface area contributed by atoms with Crippen LogP contribution in [0, 0.1) is 0 Å². The Morgan fingerprint density at radius 2 is 1.71 bits per heavy atom. The molecule has 0 bridgehead atoms. The van der Waals surface area contributed by atoms with Crippen molar-refractivity contribution in [1.82, 2.24) is 0 Å². The highest BCUT2D eigenvalue weighted by Gasteiger charge is 2.17. The van der Waals surface area contributed by atoms with Gasteiger partial charge in [0.05, 0.1) is 21.3 Å². The van der Waals surface area contributed by atoms with Crippen molar-refractivity contribution >= 4 is 44.8 Å². The lowest BCUT2D eigenvalue weighted by Crippen LogP contribution is -2.18. The summed E-state index contributed by atoms with van der Waals surface area (Å²) in [5, 5.41) is 7.87. The molecule has 0 aliphatic heterocycles. The predicted molar refractivity (Wildman–Crippen MR) is 82.2 cm³/mol. The molecule has 0 radical (unpaired) electrons. The topological polar surface area (TPSA) is 89.3 Å². The van der Waals surface area contributed by atoms with Crippen LogP contribution < -0.4 is 10.5 Å². The van der Waals surface area contributed by atoms with Crippen molar-refractivity contribution in [3.8, 4) is 0 Å². The summed E-state index contributed by atoms with van der Waals surface area (Å²) in [6.45, 7) is 0. The van der Waals surface area contributed by atoms with Gasteiger partial charge in [0.25, 0.3) is 5.91 Å². The third kappa shape index (κ3) is 3.54. The number of anilines is 1. The normalized spacial score (nSPS) is 11.2. The maximum atomic E-state index is 12.2. The van der Waals surface area contributed by atoms with Gasteiger partial charge in [-0.25, -0.2) is 13.6 Å². The van der Waals surface area contributed by atoms with Crippen LogP contribution in [-0.4, -0.2) is 14.3 Å². The Balaban J connectivity index is 2.40. The Bertz CT molecular complexity index is 807. The number of carbonyl (C=O) groups is 1. The standard InChI is InChI=1S/C13H10Cl2N2O3S/c14-9-5-3-4-8(12(9)15)13(18)17-10-6-1-2-7-11(10)21(16,19)20/h1-7H,(H,17,18)(H2,16,19,20). The van der Waals surface area contributed by atoms with Crippen LogP contribution in [0.15, 0.2) is 47.4 Å². The van der Waals surface area contributed by atoms with Crippen LogP contribution in [0.2, 0.25) is 10.0 Å². The van der Waals surface area contributed by atoms with Gasteiger partial charge in [-0.05, 0) is 24.3 Å². The maximum Gasteiger partial charge on any atom is 0.257 e. The van der Waals surface area contributed by atoms with Gasteiger partial charge >= 0.3 is 0 Å². The SMILES string of the molecule is NS(=O)(=O)c1ccccc1NC(=O)c1cccc(Cl)c1Cl. The van der Waals surface area contributed by atoms with E-state index >= 15 is 0 Å². The molecule has 0 saturated heterocycles. The molecule has 0 aliphatic rings. The molecule has 1 amide bonds. The van der Waals surface area contributed by atoms with Crippen LogP contribution >= 0.6 is 23.2 Å². The Morgan fingerprint density at radius 3 is 2.38 bits per heavy atom. The van der Waals surface area contributed by atoms with Crippen molar-refractivity contribution in [2.75, 3.05) is 5.32 Å². The van der Waals surface area contributed by atoms with Gasteiger partial charge in [-0.3, -0.25) is 4.79 Å². The zero-order valence-electron chi connectivity index (χ0n) is 10.5. The van der Waals surface area contributed by atoms with Crippen LogP contribution in [0.3, 0.4) is 0 Å². The summed E-state index contributed by atoms with van der Waals surface area (Å²) in [5.74, 6) is -0.585. The molecule has 0 spiro atoms. The zero-order chi connectivity index (χ0) is 15.6. The number of benzene rings is 2. The average Bonchev–Trinajstić information content (AvgIpc) is 2.41. The fourth-order valence-electron chi connectivity index (χ4n) is 1.69. The summed E-state index contributed by atoms with van der Waals surface area (Å²) in [6.07, 6.45) is 0. The minimum Gasteiger partial charge on any atom is -0.321 e. The molecule has 2 aromatic carbocycles. The van der Waals surface area contributed by atoms with E-state index in [-0.39, 0.29) is 26.2 Å². The summed E-state index contributed by atoms with van der Waals surface area (Å²) in [6, 6.07) is 10.4. The van der Waals surface area contributed by atoms with Gasteiger partial charge in [-0.2, -0.15) is 0 Å². The van der Waals surface area contributed by atoms with E-state index in [0.29, 0.717) is 0 Å². The molecule has 5 nitrogen and oxygen atoms in total. The number of rotatable bonds is 3. The number of halogens is 2. The number of para-hydroxylation sites is 1. The van der Waals surface area contributed by atoms with Crippen molar-refractivity contribution < 1.29 is 13.2 Å². The highest BCUT2D eigenvalue weighted by Crippen LogP contribution is 2.27. The largest absolute Gasteiger partial charge is 0.321 e. The molecule has 21 heavy (non-hydrogen) atoms. The summed E-state index contributed by atoms with van der Waals surface area (Å²) in [4.78, 5) is 12.0. The van der Waals surface area contributed by atoms with Crippen molar-refractivity contribution in [2.24, 2.45) is 5.14 Å². The molecule has 0 aromatic heterocycles. The number of sulfonamides is 1. The maximum absolute atomic E-state index is 12.2. The zero-order valence-corrected chi connectivity index (χ0v) is 12.8. The van der Waals surface area contributed by atoms with Crippen molar-refractivity contribution in [3.05, 3.63) is 58.1 Å². The fourth-order valence-corrected chi connectivity index (χ4v) is 2.77. The lowest BCUT2D eigenvalue weighted by molar-refractivity contribution is 0.102. The molecule has 0 atom stereocenters. The van der Waals surface area contributed by atoms with Gasteiger partial charge in [0.2, 0.25) is 10.0 Å². The first-order valence-corrected chi connectivity index (χ1v) is 7.98. The molecule has 0 saturated carbocycles. The molecular formula is C13H10Cl2N2O3S. The fraction of sp³-hybridized carbons (Fsp3) is 0. The number of nitrogens with two attached hydrogens (primary N) is 1. The summed E-state index contributed by atoms with van der Waals surface area (Å²) >= 11 is 11.8. The minimum atomic E-state index is -3.95. The molecule has 3 N–H and O–H groups in total. The van der Waals surface area contributed by atoms with Crippen LogP contribution in [-0.2, 0) is 10.0 Å². The predicted octanol–water partition coefficient (Wildman–Crippen LogP) is 2.89. The van der Waals surface area contributed by atoms with Crippen molar-refractivity contribution in [1.29, 1.82) is 0 Å². The van der Waals surface area contributed by atoms with E-state index in [1.165, 1.54) is 24.3 Å². The molecular weight excluding hydrogens is 335 g/mol. The first-order valence-electron chi connectivity index (χ1n) is 5.68. The third-order valence-electron chi connectivity index (χ3n) is 2.64. The second-order valence-corrected chi connectivity index (χ2v) is 6.41. The Kier molecular flexibility index (Phi) is 4.53. The Labute approximate surface area is 131 Å². The van der Waals surface area contributed by atoms with Gasteiger partial charge in [-0.1, -0.05) is 41.4 Å². The van der Waals surface area contributed by atoms with Gasteiger partial charge in [-0.15, -0.1) is 0 Å². The van der Waals surface area contributed by atoms with Gasteiger partial charge in [0.15, 0.2) is 0 Å². The van der Waals surface area contributed by atoms with E-state index in [1.807, 2.05) is 0 Å². The van der Waals surface area contributed by atoms with E-state index in [1.54, 1.807) is 18.2 Å². The number of primary sulfonamides is 1. The molecule has 0 aliphatic carbocycles. The molecule has 0 fully saturated rings. The lowest BCUT2D eigenvalue weighted by atomic mass is 10.2. The number of hydrogen-bond acceptors (Lipinski definition) is 3. The van der Waals surface area contributed by atoms with Crippen LogP contribution in [0.25, 0.3) is 0 Å². The van der Waals surface area contributed by atoms with Crippen LogP contribution in [0.1, 0.15) is 10.4 Å². The lowest BCUT2D eigenvalue weighted by Gasteiger charge is -2.10. The molecule has 0 heterocycles. The van der Waals surface area contributed by atoms with Crippen molar-refractivity contribution in [3.63, 3.8) is 0 Å². The first-order chi connectivity index (χ1) is 9.80. The molecule has 2 rings (SSSR count). The quantitative estimate of drug-likeness (QED) is 0.896. The minimum absolute atomic E-state index is 0.0704. The first kappa shape index (κ1) is 15.8. The monoisotopic (exact) mass is 344 g/mol. The van der Waals surface area contributed by atoms with Crippen LogP contribution in [0.5, 0.6) is 0 Å². The van der Waals surface area contributed by atoms with E-state index in [2.05, 4.69) is 5.32 Å². The summed E-state index contributed by atoms with van der Waals surface area (Å²) in [5.41, 5.74) is 0.203. The number of carbonyl (C=O) groups excluding carboxylic acids is 1. The third-order valence-corrected chi connectivity index (χ3v) is 4.43. The highest BCUT2D eigenvalue weighted by atomic mass is 35.5.